The van der Waals surface area contributed by atoms with Crippen LogP contribution in [0.2, 0.25) is 0 Å². The first-order valence-corrected chi connectivity index (χ1v) is 12.3. The molecule has 1 aliphatic rings. The molecule has 0 spiro atoms. The van der Waals surface area contributed by atoms with Crippen LogP contribution in [0.3, 0.4) is 0 Å². The maximum atomic E-state index is 14.9. The fourth-order valence-electron chi connectivity index (χ4n) is 4.84. The van der Waals surface area contributed by atoms with Crippen molar-refractivity contribution in [3.63, 3.8) is 0 Å². The third-order valence-corrected chi connectivity index (χ3v) is 6.59. The second kappa shape index (κ2) is 10.6. The quantitative estimate of drug-likeness (QED) is 0.429. The molecule has 41 heavy (non-hydrogen) atoms. The summed E-state index contributed by atoms with van der Waals surface area (Å²) in [5.74, 6) is -5.04. The van der Waals surface area contributed by atoms with Crippen LogP contribution in [0.1, 0.15) is 37.6 Å². The maximum absolute atomic E-state index is 14.9. The first-order valence-electron chi connectivity index (χ1n) is 12.3. The zero-order valence-corrected chi connectivity index (χ0v) is 22.0. The van der Waals surface area contributed by atoms with Crippen molar-refractivity contribution < 1.29 is 41.0 Å². The van der Waals surface area contributed by atoms with Crippen LogP contribution in [0.25, 0.3) is 16.7 Å². The molecule has 15 heteroatoms. The number of fused-ring (bicyclic) bond motifs is 1. The number of aromatic nitrogens is 2. The van der Waals surface area contributed by atoms with Gasteiger partial charge in [0.1, 0.15) is 22.9 Å². The van der Waals surface area contributed by atoms with Crippen molar-refractivity contribution in [3.8, 4) is 5.69 Å². The number of carbonyl (C=O) groups excluding carboxylic acids is 1. The summed E-state index contributed by atoms with van der Waals surface area (Å²) >= 11 is 0. The molecule has 1 aromatic carbocycles. The first kappa shape index (κ1) is 29.7. The molecular weight excluding hydrogens is 560 g/mol. The van der Waals surface area contributed by atoms with Crippen LogP contribution < -0.4 is 15.6 Å². The van der Waals surface area contributed by atoms with E-state index in [-0.39, 0.29) is 36.5 Å². The van der Waals surface area contributed by atoms with E-state index in [1.807, 2.05) is 0 Å². The molecule has 1 atom stereocenters. The Balaban J connectivity index is 1.87. The maximum Gasteiger partial charge on any atom is 0.407 e. The fourth-order valence-corrected chi connectivity index (χ4v) is 4.84. The van der Waals surface area contributed by atoms with Gasteiger partial charge in [-0.1, -0.05) is 0 Å². The summed E-state index contributed by atoms with van der Waals surface area (Å²) in [6.45, 7) is 4.38. The van der Waals surface area contributed by atoms with Crippen molar-refractivity contribution in [2.45, 2.75) is 44.9 Å². The third kappa shape index (κ3) is 6.23. The lowest BCUT2D eigenvalue weighted by atomic mass is 9.99. The smallest absolute Gasteiger partial charge is 0.407 e. The minimum Gasteiger partial charge on any atom is -0.465 e. The molecule has 1 unspecified atom stereocenters. The van der Waals surface area contributed by atoms with Crippen molar-refractivity contribution in [2.75, 3.05) is 24.5 Å². The number of piperazine rings is 1. The largest absolute Gasteiger partial charge is 0.465 e. The number of benzene rings is 1. The van der Waals surface area contributed by atoms with E-state index in [2.05, 4.69) is 10.3 Å². The van der Waals surface area contributed by atoms with Crippen molar-refractivity contribution in [2.24, 2.45) is 0 Å². The monoisotopic (exact) mass is 585 g/mol. The third-order valence-electron chi connectivity index (χ3n) is 6.59. The molecule has 3 heterocycles. The number of amides is 2. The zero-order valence-electron chi connectivity index (χ0n) is 22.0. The number of hydrogen-bond donors (Lipinski definition) is 2. The standard InChI is InChI=1S/C26H25F6N5O4/c1-13-10-35(6-7-36(13)24(40)41)19-5-4-15-21(38)16(23(39)34-25(2,3)12-26(30,31)32)11-37(22(15)33-19)20-17(28)8-14(27)9-18(20)29/h4-5,8-9,11,13H,6-7,10,12H2,1-3H3,(H,34,39)(H,40,41). The van der Waals surface area contributed by atoms with Gasteiger partial charge in [0.2, 0.25) is 5.43 Å². The zero-order chi connectivity index (χ0) is 30.4. The second-order valence-corrected chi connectivity index (χ2v) is 10.4. The van der Waals surface area contributed by atoms with E-state index >= 15 is 0 Å². The number of rotatable bonds is 5. The van der Waals surface area contributed by atoms with Gasteiger partial charge in [-0.3, -0.25) is 14.2 Å². The Bertz CT molecular complexity index is 1570. The topological polar surface area (TPSA) is 108 Å². The number of carboxylic acid groups (broad SMARTS) is 1. The molecular formula is C26H25F6N5O4. The SMILES string of the molecule is CC1CN(c2ccc3c(=O)c(C(=O)NC(C)(C)CC(F)(F)F)cn(-c4c(F)cc(F)cc4F)c3n2)CCN1C(=O)O. The van der Waals surface area contributed by atoms with Crippen molar-refractivity contribution in [1.82, 2.24) is 19.8 Å². The summed E-state index contributed by atoms with van der Waals surface area (Å²) in [7, 11) is 0. The highest BCUT2D eigenvalue weighted by molar-refractivity contribution is 5.97. The van der Waals surface area contributed by atoms with E-state index in [0.717, 1.165) is 24.6 Å². The van der Waals surface area contributed by atoms with Crippen LogP contribution in [-0.4, -0.2) is 68.9 Å². The summed E-state index contributed by atoms with van der Waals surface area (Å²) in [6, 6.07) is 2.95. The highest BCUT2D eigenvalue weighted by Gasteiger charge is 2.38. The summed E-state index contributed by atoms with van der Waals surface area (Å²) in [5, 5.41) is 11.2. The molecule has 3 aromatic rings. The van der Waals surface area contributed by atoms with Crippen molar-refractivity contribution >= 4 is 28.9 Å². The van der Waals surface area contributed by atoms with Gasteiger partial charge in [-0.05, 0) is 32.9 Å². The Morgan fingerprint density at radius 2 is 1.73 bits per heavy atom. The van der Waals surface area contributed by atoms with Gasteiger partial charge in [0.15, 0.2) is 17.3 Å². The summed E-state index contributed by atoms with van der Waals surface area (Å²) in [5.41, 5.74) is -4.74. The molecule has 1 saturated heterocycles. The second-order valence-electron chi connectivity index (χ2n) is 10.4. The average Bonchev–Trinajstić information content (AvgIpc) is 2.82. The molecule has 2 amide bonds. The van der Waals surface area contributed by atoms with Crippen LogP contribution in [0.4, 0.5) is 37.0 Å². The average molecular weight is 586 g/mol. The number of anilines is 1. The molecule has 0 aliphatic carbocycles. The van der Waals surface area contributed by atoms with Gasteiger partial charge in [-0.15, -0.1) is 0 Å². The number of nitrogens with one attached hydrogen (secondary N) is 1. The summed E-state index contributed by atoms with van der Waals surface area (Å²) in [6.07, 6.45) is -6.43. The Labute approximate surface area is 229 Å². The highest BCUT2D eigenvalue weighted by Crippen LogP contribution is 2.28. The van der Waals surface area contributed by atoms with Crippen LogP contribution in [0, 0.1) is 17.5 Å². The van der Waals surface area contributed by atoms with Gasteiger partial charge >= 0.3 is 12.3 Å². The Hall–Kier alpha value is -4.30. The van der Waals surface area contributed by atoms with E-state index in [4.69, 9.17) is 0 Å². The number of alkyl halides is 3. The Morgan fingerprint density at radius 3 is 2.29 bits per heavy atom. The number of pyridine rings is 2. The molecule has 2 N–H and O–H groups in total. The van der Waals surface area contributed by atoms with Gasteiger partial charge in [-0.25, -0.2) is 22.9 Å². The van der Waals surface area contributed by atoms with Crippen molar-refractivity contribution in [3.05, 3.63) is 63.7 Å². The predicted molar refractivity (Wildman–Crippen MR) is 136 cm³/mol. The lowest BCUT2D eigenvalue weighted by molar-refractivity contribution is -0.146. The molecule has 4 rings (SSSR count). The van der Waals surface area contributed by atoms with Crippen LogP contribution in [0.5, 0.6) is 0 Å². The lowest BCUT2D eigenvalue weighted by Gasteiger charge is -2.38. The van der Waals surface area contributed by atoms with Crippen molar-refractivity contribution in [1.29, 1.82) is 0 Å². The highest BCUT2D eigenvalue weighted by atomic mass is 19.4. The molecule has 1 fully saturated rings. The van der Waals surface area contributed by atoms with E-state index in [1.165, 1.54) is 17.0 Å². The molecule has 0 bridgehead atoms. The van der Waals surface area contributed by atoms with Crippen LogP contribution in [0.15, 0.2) is 35.3 Å². The van der Waals surface area contributed by atoms with Gasteiger partial charge in [-0.2, -0.15) is 13.2 Å². The van der Waals surface area contributed by atoms with Gasteiger partial charge in [0, 0.05) is 49.5 Å². The number of hydrogen-bond acceptors (Lipinski definition) is 5. The molecule has 220 valence electrons. The Kier molecular flexibility index (Phi) is 7.67. The summed E-state index contributed by atoms with van der Waals surface area (Å²) in [4.78, 5) is 45.1. The minimum atomic E-state index is -4.64. The summed E-state index contributed by atoms with van der Waals surface area (Å²) < 4.78 is 83.3. The van der Waals surface area contributed by atoms with Gasteiger partial charge < -0.3 is 20.2 Å². The van der Waals surface area contributed by atoms with E-state index in [9.17, 15) is 45.8 Å². The number of carbonyl (C=O) groups is 2. The predicted octanol–water partition coefficient (Wildman–Crippen LogP) is 4.45. The molecule has 9 nitrogen and oxygen atoms in total. The molecule has 2 aromatic heterocycles. The molecule has 0 radical (unpaired) electrons. The van der Waals surface area contributed by atoms with Gasteiger partial charge in [0.25, 0.3) is 5.91 Å². The molecule has 0 saturated carbocycles. The minimum absolute atomic E-state index is 0.122. The Morgan fingerprint density at radius 1 is 1.10 bits per heavy atom. The van der Waals surface area contributed by atoms with E-state index in [0.29, 0.717) is 12.1 Å². The van der Waals surface area contributed by atoms with Crippen LogP contribution in [-0.2, 0) is 0 Å². The number of nitrogens with zero attached hydrogens (tertiary/aromatic N) is 4. The van der Waals surface area contributed by atoms with E-state index in [1.54, 1.807) is 11.8 Å². The van der Waals surface area contributed by atoms with Gasteiger partial charge in [0.05, 0.1) is 11.8 Å². The lowest BCUT2D eigenvalue weighted by Crippen LogP contribution is -2.54. The van der Waals surface area contributed by atoms with Crippen LogP contribution >= 0.6 is 0 Å². The molecule has 1 aliphatic heterocycles. The normalized spacial score (nSPS) is 16.3. The van der Waals surface area contributed by atoms with E-state index < -0.39 is 70.3 Å². The first-order chi connectivity index (χ1) is 19.0. The number of halogens is 6. The fraction of sp³-hybridized carbons (Fsp3) is 0.385.